The largest absolute Gasteiger partial charge is 0.291 e. The van der Waals surface area contributed by atoms with Crippen molar-refractivity contribution in [3.63, 3.8) is 0 Å². The summed E-state index contributed by atoms with van der Waals surface area (Å²) in [5.74, 6) is 1.27. The number of aromatic nitrogens is 4. The van der Waals surface area contributed by atoms with Crippen LogP contribution in [-0.2, 0) is 12.3 Å². The third-order valence-corrected chi connectivity index (χ3v) is 4.47. The van der Waals surface area contributed by atoms with Gasteiger partial charge in [-0.25, -0.2) is 4.68 Å². The van der Waals surface area contributed by atoms with Crippen LogP contribution >= 0.6 is 22.9 Å². The molecule has 0 aromatic carbocycles. The number of thiazole rings is 1. The van der Waals surface area contributed by atoms with Crippen LogP contribution in [0.5, 0.6) is 0 Å². The minimum atomic E-state index is 0.424. The zero-order valence-corrected chi connectivity index (χ0v) is 12.7. The molecular weight excluding hydrogens is 280 g/mol. The van der Waals surface area contributed by atoms with Crippen molar-refractivity contribution in [2.75, 3.05) is 0 Å². The lowest BCUT2D eigenvalue weighted by Crippen LogP contribution is -2.03. The number of halogens is 1. The van der Waals surface area contributed by atoms with Crippen LogP contribution in [0.1, 0.15) is 29.6 Å². The van der Waals surface area contributed by atoms with E-state index in [0.29, 0.717) is 5.88 Å². The number of imidazole rings is 1. The van der Waals surface area contributed by atoms with Crippen LogP contribution in [-0.4, -0.2) is 19.2 Å². The van der Waals surface area contributed by atoms with E-state index in [9.17, 15) is 0 Å². The topological polar surface area (TPSA) is 35.1 Å². The van der Waals surface area contributed by atoms with Gasteiger partial charge in [0.2, 0.25) is 0 Å². The van der Waals surface area contributed by atoms with Crippen LogP contribution in [0.2, 0.25) is 0 Å². The third-order valence-electron chi connectivity index (χ3n) is 3.46. The molecule has 0 spiro atoms. The standard InChI is InChI=1S/C13H15ClN4S/c1-4-10-8(2)16-18(9(10)3)12-11(7-14)17-5-6-19-13(17)15-12/h5-6H,4,7H2,1-3H3. The van der Waals surface area contributed by atoms with Gasteiger partial charge in [-0.1, -0.05) is 6.92 Å². The van der Waals surface area contributed by atoms with Crippen molar-refractivity contribution in [3.8, 4) is 5.82 Å². The normalized spacial score (nSPS) is 11.6. The molecule has 0 bridgehead atoms. The highest BCUT2D eigenvalue weighted by atomic mass is 35.5. The van der Waals surface area contributed by atoms with E-state index < -0.39 is 0 Å². The first-order chi connectivity index (χ1) is 9.17. The fraction of sp³-hybridized carbons (Fsp3) is 0.385. The van der Waals surface area contributed by atoms with Crippen LogP contribution in [0.25, 0.3) is 10.8 Å². The molecule has 3 aromatic heterocycles. The SMILES string of the molecule is CCc1c(C)nn(-c2nc3sccn3c2CCl)c1C. The number of rotatable bonds is 3. The van der Waals surface area contributed by atoms with Gasteiger partial charge in [0.1, 0.15) is 0 Å². The Morgan fingerprint density at radius 1 is 1.37 bits per heavy atom. The summed E-state index contributed by atoms with van der Waals surface area (Å²) in [6.07, 6.45) is 2.98. The van der Waals surface area contributed by atoms with Crippen molar-refractivity contribution in [2.45, 2.75) is 33.1 Å². The van der Waals surface area contributed by atoms with Crippen molar-refractivity contribution >= 4 is 27.9 Å². The number of aryl methyl sites for hydroxylation is 1. The van der Waals surface area contributed by atoms with Crippen molar-refractivity contribution in [2.24, 2.45) is 0 Å². The van der Waals surface area contributed by atoms with Gasteiger partial charge in [-0.3, -0.25) is 4.40 Å². The number of hydrogen-bond acceptors (Lipinski definition) is 3. The molecule has 6 heteroatoms. The second-order valence-corrected chi connectivity index (χ2v) is 5.63. The van der Waals surface area contributed by atoms with E-state index in [1.54, 1.807) is 11.3 Å². The Morgan fingerprint density at radius 2 is 2.16 bits per heavy atom. The van der Waals surface area contributed by atoms with Crippen molar-refractivity contribution in [3.05, 3.63) is 34.2 Å². The van der Waals surface area contributed by atoms with Crippen LogP contribution in [0.4, 0.5) is 0 Å². The van der Waals surface area contributed by atoms with Gasteiger partial charge in [0.15, 0.2) is 10.8 Å². The second-order valence-electron chi connectivity index (χ2n) is 4.49. The van der Waals surface area contributed by atoms with E-state index >= 15 is 0 Å². The van der Waals surface area contributed by atoms with E-state index in [1.807, 2.05) is 27.6 Å². The van der Waals surface area contributed by atoms with Gasteiger partial charge in [0.05, 0.1) is 17.3 Å². The quantitative estimate of drug-likeness (QED) is 0.693. The van der Waals surface area contributed by atoms with Gasteiger partial charge in [0, 0.05) is 17.3 Å². The van der Waals surface area contributed by atoms with Crippen LogP contribution in [0.3, 0.4) is 0 Å². The summed E-state index contributed by atoms with van der Waals surface area (Å²) >= 11 is 7.70. The maximum absolute atomic E-state index is 6.09. The molecule has 0 radical (unpaired) electrons. The lowest BCUT2D eigenvalue weighted by molar-refractivity contribution is 0.802. The van der Waals surface area contributed by atoms with Gasteiger partial charge in [-0.05, 0) is 25.8 Å². The van der Waals surface area contributed by atoms with Crippen molar-refractivity contribution in [1.29, 1.82) is 0 Å². The minimum absolute atomic E-state index is 0.424. The molecule has 3 aromatic rings. The van der Waals surface area contributed by atoms with E-state index in [2.05, 4.69) is 23.9 Å². The molecule has 3 heterocycles. The van der Waals surface area contributed by atoms with Gasteiger partial charge in [-0.15, -0.1) is 22.9 Å². The molecule has 0 aliphatic carbocycles. The average Bonchev–Trinajstić information content (AvgIpc) is 3.02. The first-order valence-corrected chi connectivity index (χ1v) is 7.64. The van der Waals surface area contributed by atoms with Crippen LogP contribution < -0.4 is 0 Å². The van der Waals surface area contributed by atoms with E-state index in [4.69, 9.17) is 11.6 Å². The Labute approximate surface area is 120 Å². The van der Waals surface area contributed by atoms with Crippen LogP contribution in [0, 0.1) is 13.8 Å². The van der Waals surface area contributed by atoms with Gasteiger partial charge in [0.25, 0.3) is 0 Å². The molecule has 0 unspecified atom stereocenters. The van der Waals surface area contributed by atoms with Crippen molar-refractivity contribution in [1.82, 2.24) is 19.2 Å². The highest BCUT2D eigenvalue weighted by Gasteiger charge is 2.18. The molecule has 0 atom stereocenters. The van der Waals surface area contributed by atoms with E-state index in [-0.39, 0.29) is 0 Å². The number of nitrogens with zero attached hydrogens (tertiary/aromatic N) is 4. The monoisotopic (exact) mass is 294 g/mol. The summed E-state index contributed by atoms with van der Waals surface area (Å²) in [5, 5.41) is 6.64. The fourth-order valence-electron chi connectivity index (χ4n) is 2.51. The number of hydrogen-bond donors (Lipinski definition) is 0. The molecule has 0 saturated carbocycles. The Balaban J connectivity index is 2.26. The summed E-state index contributed by atoms with van der Waals surface area (Å²) in [6.45, 7) is 6.28. The first kappa shape index (κ1) is 12.7. The molecule has 4 nitrogen and oxygen atoms in total. The molecule has 0 aliphatic heterocycles. The maximum atomic E-state index is 6.09. The smallest absolute Gasteiger partial charge is 0.195 e. The molecular formula is C13H15ClN4S. The zero-order chi connectivity index (χ0) is 13.6. The predicted molar refractivity (Wildman–Crippen MR) is 78.6 cm³/mol. The Bertz CT molecular complexity index is 737. The molecule has 19 heavy (non-hydrogen) atoms. The molecule has 0 aliphatic rings. The summed E-state index contributed by atoms with van der Waals surface area (Å²) < 4.78 is 3.96. The summed E-state index contributed by atoms with van der Waals surface area (Å²) in [6, 6.07) is 0. The van der Waals surface area contributed by atoms with E-state index in [1.165, 1.54) is 5.56 Å². The maximum Gasteiger partial charge on any atom is 0.195 e. The summed E-state index contributed by atoms with van der Waals surface area (Å²) in [5.41, 5.74) is 4.50. The molecule has 100 valence electrons. The number of alkyl halides is 1. The summed E-state index contributed by atoms with van der Waals surface area (Å²) in [7, 11) is 0. The molecule has 0 saturated heterocycles. The average molecular weight is 295 g/mol. The van der Waals surface area contributed by atoms with Crippen LogP contribution in [0.15, 0.2) is 11.6 Å². The Kier molecular flexibility index (Phi) is 3.11. The van der Waals surface area contributed by atoms with Crippen molar-refractivity contribution < 1.29 is 0 Å². The van der Waals surface area contributed by atoms with Gasteiger partial charge < -0.3 is 0 Å². The zero-order valence-electron chi connectivity index (χ0n) is 11.1. The predicted octanol–water partition coefficient (Wildman–Crippen LogP) is 3.50. The first-order valence-electron chi connectivity index (χ1n) is 6.23. The highest BCUT2D eigenvalue weighted by Crippen LogP contribution is 2.25. The molecule has 0 fully saturated rings. The van der Waals surface area contributed by atoms with E-state index in [0.717, 1.165) is 34.3 Å². The lowest BCUT2D eigenvalue weighted by Gasteiger charge is -2.03. The minimum Gasteiger partial charge on any atom is -0.291 e. The molecule has 3 rings (SSSR count). The lowest BCUT2D eigenvalue weighted by atomic mass is 10.1. The fourth-order valence-corrected chi connectivity index (χ4v) is 3.48. The Morgan fingerprint density at radius 3 is 2.79 bits per heavy atom. The molecule has 0 N–H and O–H groups in total. The Hall–Kier alpha value is -1.33. The molecule has 0 amide bonds. The summed E-state index contributed by atoms with van der Waals surface area (Å²) in [4.78, 5) is 5.62. The second kappa shape index (κ2) is 4.65. The van der Waals surface area contributed by atoms with Gasteiger partial charge in [-0.2, -0.15) is 10.1 Å². The third kappa shape index (κ3) is 1.80. The van der Waals surface area contributed by atoms with Gasteiger partial charge >= 0.3 is 0 Å². The highest BCUT2D eigenvalue weighted by molar-refractivity contribution is 7.15. The number of fused-ring (bicyclic) bond motifs is 1.